The van der Waals surface area contributed by atoms with Crippen molar-refractivity contribution >= 4 is 5.78 Å². The number of fused-ring (bicyclic) bond motifs is 1. The summed E-state index contributed by atoms with van der Waals surface area (Å²) in [6.45, 7) is 1.76. The van der Waals surface area contributed by atoms with Crippen molar-refractivity contribution in [1.29, 1.82) is 0 Å². The molecule has 6 heteroatoms. The van der Waals surface area contributed by atoms with Gasteiger partial charge in [-0.3, -0.25) is 4.79 Å². The largest absolute Gasteiger partial charge is 0.393 e. The molecule has 27 heavy (non-hydrogen) atoms. The Hall–Kier alpha value is -0.530. The summed E-state index contributed by atoms with van der Waals surface area (Å²) in [5.41, 5.74) is -2.50. The fourth-order valence-electron chi connectivity index (χ4n) is 8.63. The summed E-state index contributed by atoms with van der Waals surface area (Å²) in [7, 11) is 0. The Morgan fingerprint density at radius 3 is 2.56 bits per heavy atom. The lowest BCUT2D eigenvalue weighted by Crippen LogP contribution is -2.67. The van der Waals surface area contributed by atoms with Crippen molar-refractivity contribution in [3.05, 3.63) is 0 Å². The summed E-state index contributed by atoms with van der Waals surface area (Å²) in [5.74, 6) is 0.00676. The monoisotopic (exact) mass is 380 g/mol. The number of ketones is 1. The second-order valence-electron chi connectivity index (χ2n) is 10.3. The van der Waals surface area contributed by atoms with Crippen LogP contribution in [0.4, 0.5) is 0 Å². The van der Waals surface area contributed by atoms with Gasteiger partial charge in [-0.25, -0.2) is 0 Å². The van der Waals surface area contributed by atoms with E-state index in [1.165, 1.54) is 0 Å². The highest BCUT2D eigenvalue weighted by Gasteiger charge is 2.79. The fraction of sp³-hybridized carbons (Fsp3) is 0.952. The topological polar surface area (TPSA) is 107 Å². The highest BCUT2D eigenvalue weighted by molar-refractivity contribution is 5.83. The minimum atomic E-state index is -1.08. The average Bonchev–Trinajstić information content (AvgIpc) is 3.07. The van der Waals surface area contributed by atoms with E-state index in [1.54, 1.807) is 0 Å². The molecule has 0 radical (unpaired) electrons. The molecule has 4 N–H and O–H groups in total. The fourth-order valence-corrected chi connectivity index (χ4v) is 8.63. The number of hydrogen-bond donors (Lipinski definition) is 4. The standard InChI is InChI=1S/C21H32O6/c1-18-6-5-16-20-7-4-12(23)10-19(20,26)8-9-21(16,27-17(20)25)15(18)3-2-13(18)14(24)11-22/h12-13,15-17,22-23,25-26H,2-11H2,1H3/t12-,13-,15-,16-,17+,18+,19+,20-,21-/m0/s1. The van der Waals surface area contributed by atoms with Crippen molar-refractivity contribution in [1.82, 2.24) is 0 Å². The van der Waals surface area contributed by atoms with Gasteiger partial charge < -0.3 is 25.2 Å². The summed E-state index contributed by atoms with van der Waals surface area (Å²) in [6, 6.07) is 0. The SMILES string of the molecule is C[C@]12CC[C@@H]3[C@]4(CC[C@@]5(O)C[C@@H](O)CC[C@@]35[C@H](O)O4)[C@H]1CC[C@H]2C(=O)CO. The molecule has 1 heterocycles. The molecule has 5 rings (SSSR count). The van der Waals surface area contributed by atoms with Crippen LogP contribution in [0.2, 0.25) is 0 Å². The Bertz CT molecular complexity index is 667. The second-order valence-corrected chi connectivity index (χ2v) is 10.3. The van der Waals surface area contributed by atoms with Gasteiger partial charge in [-0.1, -0.05) is 6.92 Å². The second kappa shape index (κ2) is 5.54. The highest BCUT2D eigenvalue weighted by atomic mass is 16.6. The van der Waals surface area contributed by atoms with Crippen molar-refractivity contribution in [3.8, 4) is 0 Å². The van der Waals surface area contributed by atoms with Crippen LogP contribution in [0.1, 0.15) is 64.7 Å². The number of Topliss-reactive ketones (excluding diaryl/α,β-unsaturated/α-hetero) is 1. The summed E-state index contributed by atoms with van der Waals surface area (Å²) < 4.78 is 6.42. The van der Waals surface area contributed by atoms with Gasteiger partial charge in [0.25, 0.3) is 0 Å². The van der Waals surface area contributed by atoms with Crippen molar-refractivity contribution in [3.63, 3.8) is 0 Å². The average molecular weight is 380 g/mol. The van der Waals surface area contributed by atoms with Crippen LogP contribution in [-0.2, 0) is 9.53 Å². The van der Waals surface area contributed by atoms with E-state index < -0.39 is 35.6 Å². The molecule has 0 unspecified atom stereocenters. The molecule has 0 aromatic rings. The van der Waals surface area contributed by atoms with Crippen LogP contribution in [0.15, 0.2) is 0 Å². The molecule has 0 aromatic carbocycles. The van der Waals surface area contributed by atoms with Gasteiger partial charge in [-0.2, -0.15) is 0 Å². The highest BCUT2D eigenvalue weighted by Crippen LogP contribution is 2.75. The van der Waals surface area contributed by atoms with Gasteiger partial charge in [0.05, 0.1) is 22.7 Å². The number of aliphatic hydroxyl groups excluding tert-OH is 3. The maximum Gasteiger partial charge on any atom is 0.164 e. The maximum atomic E-state index is 12.4. The summed E-state index contributed by atoms with van der Waals surface area (Å²) in [4.78, 5) is 12.4. The minimum Gasteiger partial charge on any atom is -0.393 e. The molecular formula is C21H32O6. The van der Waals surface area contributed by atoms with E-state index in [4.69, 9.17) is 4.74 Å². The number of carbonyl (C=O) groups excluding carboxylic acids is 1. The molecule has 2 bridgehead atoms. The van der Waals surface area contributed by atoms with Gasteiger partial charge in [0.2, 0.25) is 0 Å². The van der Waals surface area contributed by atoms with Crippen LogP contribution in [0.3, 0.4) is 0 Å². The predicted octanol–water partition coefficient (Wildman–Crippen LogP) is 1.13. The smallest absolute Gasteiger partial charge is 0.164 e. The molecule has 1 saturated heterocycles. The van der Waals surface area contributed by atoms with Crippen LogP contribution in [-0.4, -0.2) is 56.4 Å². The number of carbonyl (C=O) groups is 1. The molecule has 5 aliphatic rings. The van der Waals surface area contributed by atoms with Crippen LogP contribution in [0.25, 0.3) is 0 Å². The summed E-state index contributed by atoms with van der Waals surface area (Å²) in [5, 5.41) is 42.3. The zero-order chi connectivity index (χ0) is 19.2. The number of hydrogen-bond acceptors (Lipinski definition) is 6. The van der Waals surface area contributed by atoms with Crippen LogP contribution in [0.5, 0.6) is 0 Å². The van der Waals surface area contributed by atoms with Gasteiger partial charge >= 0.3 is 0 Å². The van der Waals surface area contributed by atoms with E-state index in [-0.39, 0.29) is 29.0 Å². The molecule has 1 spiro atoms. The van der Waals surface area contributed by atoms with Crippen molar-refractivity contribution in [2.75, 3.05) is 6.61 Å². The lowest BCUT2D eigenvalue weighted by molar-refractivity contribution is -0.231. The van der Waals surface area contributed by atoms with Crippen LogP contribution < -0.4 is 0 Å². The van der Waals surface area contributed by atoms with Gasteiger partial charge in [0.15, 0.2) is 12.1 Å². The first kappa shape index (κ1) is 18.5. The first-order chi connectivity index (χ1) is 12.7. The molecule has 152 valence electrons. The zero-order valence-electron chi connectivity index (χ0n) is 16.1. The third-order valence-corrected chi connectivity index (χ3v) is 9.69. The van der Waals surface area contributed by atoms with E-state index in [2.05, 4.69) is 6.92 Å². The Morgan fingerprint density at radius 2 is 1.81 bits per heavy atom. The van der Waals surface area contributed by atoms with E-state index in [1.807, 2.05) is 0 Å². The first-order valence-corrected chi connectivity index (χ1v) is 10.6. The number of rotatable bonds is 2. The van der Waals surface area contributed by atoms with E-state index in [9.17, 15) is 25.2 Å². The Labute approximate surface area is 159 Å². The van der Waals surface area contributed by atoms with Crippen LogP contribution >= 0.6 is 0 Å². The summed E-state index contributed by atoms with van der Waals surface area (Å²) >= 11 is 0. The summed E-state index contributed by atoms with van der Waals surface area (Å²) in [6.07, 6.45) is 4.46. The van der Waals surface area contributed by atoms with E-state index in [0.717, 1.165) is 25.7 Å². The van der Waals surface area contributed by atoms with Gasteiger partial charge in [-0.05, 0) is 62.7 Å². The van der Waals surface area contributed by atoms with Gasteiger partial charge in [-0.15, -0.1) is 0 Å². The Morgan fingerprint density at radius 1 is 1.04 bits per heavy atom. The van der Waals surface area contributed by atoms with Gasteiger partial charge in [0.1, 0.15) is 6.61 Å². The first-order valence-electron chi connectivity index (χ1n) is 10.6. The molecule has 4 aliphatic carbocycles. The minimum absolute atomic E-state index is 0.0623. The normalized spacial score (nSPS) is 59.1. The predicted molar refractivity (Wildman–Crippen MR) is 95.4 cm³/mol. The lowest BCUT2D eigenvalue weighted by atomic mass is 9.42. The number of aliphatic hydroxyl groups is 4. The number of ether oxygens (including phenoxy) is 1. The molecule has 0 amide bonds. The third-order valence-electron chi connectivity index (χ3n) is 9.69. The zero-order valence-corrected chi connectivity index (χ0v) is 16.1. The van der Waals surface area contributed by atoms with Crippen molar-refractivity contribution < 1.29 is 30.0 Å². The quantitative estimate of drug-likeness (QED) is 0.572. The Balaban J connectivity index is 1.57. The molecule has 0 aromatic heterocycles. The molecule has 9 atom stereocenters. The maximum absolute atomic E-state index is 12.4. The lowest BCUT2D eigenvalue weighted by Gasteiger charge is -2.62. The Kier molecular flexibility index (Phi) is 3.79. The van der Waals surface area contributed by atoms with Crippen LogP contribution in [0, 0.1) is 28.6 Å². The molecule has 4 saturated carbocycles. The molecule has 1 aliphatic heterocycles. The van der Waals surface area contributed by atoms with Gasteiger partial charge in [0, 0.05) is 18.3 Å². The molecule has 5 fully saturated rings. The van der Waals surface area contributed by atoms with E-state index >= 15 is 0 Å². The van der Waals surface area contributed by atoms with E-state index in [0.29, 0.717) is 32.1 Å². The third kappa shape index (κ3) is 1.97. The molecule has 6 nitrogen and oxygen atoms in total. The van der Waals surface area contributed by atoms with Crippen molar-refractivity contribution in [2.24, 2.45) is 28.6 Å². The van der Waals surface area contributed by atoms with Crippen molar-refractivity contribution in [2.45, 2.75) is 88.3 Å². The molecular weight excluding hydrogens is 348 g/mol.